The number of aryl methyl sites for hydroxylation is 2. The zero-order valence-corrected chi connectivity index (χ0v) is 47.1. The van der Waals surface area contributed by atoms with Crippen LogP contribution < -0.4 is 20.7 Å². The molecule has 0 aliphatic carbocycles. The van der Waals surface area contributed by atoms with E-state index in [4.69, 9.17) is 23.7 Å². The summed E-state index contributed by atoms with van der Waals surface area (Å²) in [5.41, 5.74) is 5.57. The molecule has 8 aromatic rings. The summed E-state index contributed by atoms with van der Waals surface area (Å²) in [6, 6.07) is 47.9. The minimum Gasteiger partial charge on any atom is -0.507 e. The van der Waals surface area contributed by atoms with Gasteiger partial charge in [0.25, 0.3) is 32.1 Å². The molecule has 0 saturated carbocycles. The highest BCUT2D eigenvalue weighted by molar-refractivity contribution is 7.89. The molecule has 0 unspecified atom stereocenters. The van der Waals surface area contributed by atoms with Gasteiger partial charge in [-0.15, -0.1) is 0 Å². The molecule has 0 aliphatic heterocycles. The smallest absolute Gasteiger partial charge is 0.339 e. The van der Waals surface area contributed by atoms with Gasteiger partial charge in [0.05, 0.1) is 26.8 Å². The second-order valence-electron chi connectivity index (χ2n) is 18.0. The standard InChI is InChI=1S/C22H19NO7S.C21H17NO7S.C16H16N2O5S/c1-14-2-4-15(5-3-14)16-6-9-18(10-7-16)31(28,29)30-13-21(25)23-17-8-11-19(22(26)27)20(24)12-17;23-19-12-16(8-11-18(19)21(25)26)22-20(24)13-29-30(27,28)17-9-6-15(7-10-17)14-4-2-1-3-5-14;1-11-2-8-14(9-3-11)24(22,23)17-10-15(19)18-13-6-4-12(5-7-13)16(20)21/h2-12,24H,13H2,1H3,(H,23,25)(H,26,27);1-12,23H,13H2,(H,22,24)(H,25,26);2-9,17H,10H2,1H3,(H,18,19)(H,20,21). The molecule has 85 heavy (non-hydrogen) atoms. The minimum atomic E-state index is -4.17. The molecular formula is C59H52N4O19S3. The van der Waals surface area contributed by atoms with E-state index in [9.17, 15) is 64.2 Å². The fourth-order valence-electron chi connectivity index (χ4n) is 7.24. The van der Waals surface area contributed by atoms with Gasteiger partial charge in [-0.1, -0.05) is 102 Å². The van der Waals surface area contributed by atoms with Crippen LogP contribution in [0.2, 0.25) is 0 Å². The van der Waals surface area contributed by atoms with Crippen LogP contribution in [0.25, 0.3) is 22.3 Å². The molecule has 23 nitrogen and oxygen atoms in total. The van der Waals surface area contributed by atoms with E-state index >= 15 is 0 Å². The molecular weight excluding hydrogens is 1160 g/mol. The molecule has 8 rings (SSSR count). The first-order valence-electron chi connectivity index (χ1n) is 24.7. The van der Waals surface area contributed by atoms with Gasteiger partial charge >= 0.3 is 17.9 Å². The predicted molar refractivity (Wildman–Crippen MR) is 311 cm³/mol. The van der Waals surface area contributed by atoms with E-state index in [1.54, 1.807) is 36.4 Å². The molecule has 0 saturated heterocycles. The van der Waals surface area contributed by atoms with Gasteiger partial charge in [0.1, 0.15) is 35.8 Å². The number of hydrogen-bond donors (Lipinski definition) is 9. The topological polar surface area (TPSA) is 373 Å². The molecule has 0 radical (unpaired) electrons. The number of phenols is 2. The SMILES string of the molecule is Cc1ccc(-c2ccc(S(=O)(=O)OCC(=O)Nc3ccc(C(=O)O)c(O)c3)cc2)cc1.Cc1ccc(S(=O)(=O)NCC(=O)Nc2ccc(C(=O)O)cc2)cc1.O=C(COS(=O)(=O)c1ccc(-c2ccccc2)cc1)Nc1ccc(C(=O)O)c(O)c1. The maximum Gasteiger partial charge on any atom is 0.339 e. The van der Waals surface area contributed by atoms with Crippen LogP contribution in [-0.4, -0.2) is 106 Å². The molecule has 3 amide bonds. The van der Waals surface area contributed by atoms with Crippen LogP contribution in [0.5, 0.6) is 11.5 Å². The summed E-state index contributed by atoms with van der Waals surface area (Å²) in [5.74, 6) is -6.92. The third kappa shape index (κ3) is 19.0. The number of nitrogens with one attached hydrogen (secondary N) is 4. The summed E-state index contributed by atoms with van der Waals surface area (Å²) >= 11 is 0. The number of sulfonamides is 1. The Morgan fingerprint density at radius 2 is 0.753 bits per heavy atom. The highest BCUT2D eigenvalue weighted by Crippen LogP contribution is 2.26. The van der Waals surface area contributed by atoms with Gasteiger partial charge in [-0.05, 0) is 121 Å². The van der Waals surface area contributed by atoms with Crippen molar-refractivity contribution in [3.63, 3.8) is 0 Å². The van der Waals surface area contributed by atoms with E-state index in [1.807, 2.05) is 68.4 Å². The summed E-state index contributed by atoms with van der Waals surface area (Å²) in [6.07, 6.45) is 0. The molecule has 9 N–H and O–H groups in total. The number of carboxylic acids is 3. The third-order valence-corrected chi connectivity index (χ3v) is 15.6. The first kappa shape index (κ1) is 64.1. The Hall–Kier alpha value is -10.1. The summed E-state index contributed by atoms with van der Waals surface area (Å²) in [5, 5.41) is 52.9. The lowest BCUT2D eigenvalue weighted by Gasteiger charge is -2.09. The van der Waals surface area contributed by atoms with Crippen molar-refractivity contribution in [3.8, 4) is 33.8 Å². The predicted octanol–water partition coefficient (Wildman–Crippen LogP) is 8.12. The maximum atomic E-state index is 12.3. The molecule has 0 atom stereocenters. The number of aromatic hydroxyl groups is 2. The Labute approximate surface area is 487 Å². The summed E-state index contributed by atoms with van der Waals surface area (Å²) in [7, 11) is -12.1. The van der Waals surface area contributed by atoms with Gasteiger partial charge in [0, 0.05) is 29.2 Å². The largest absolute Gasteiger partial charge is 0.507 e. The Morgan fingerprint density at radius 3 is 1.14 bits per heavy atom. The van der Waals surface area contributed by atoms with E-state index in [1.165, 1.54) is 72.8 Å². The van der Waals surface area contributed by atoms with Gasteiger partial charge in [-0.25, -0.2) is 27.5 Å². The number of rotatable bonds is 20. The zero-order chi connectivity index (χ0) is 62.1. The summed E-state index contributed by atoms with van der Waals surface area (Å²) in [4.78, 5) is 68.1. The lowest BCUT2D eigenvalue weighted by atomic mass is 10.0. The van der Waals surface area contributed by atoms with Gasteiger partial charge in [-0.3, -0.25) is 22.7 Å². The van der Waals surface area contributed by atoms with Crippen molar-refractivity contribution in [1.29, 1.82) is 0 Å². The Kier molecular flexibility index (Phi) is 21.7. The Morgan fingerprint density at radius 1 is 0.400 bits per heavy atom. The van der Waals surface area contributed by atoms with Crippen molar-refractivity contribution in [2.24, 2.45) is 0 Å². The minimum absolute atomic E-state index is 0.0757. The van der Waals surface area contributed by atoms with Crippen molar-refractivity contribution in [2.75, 3.05) is 35.7 Å². The highest BCUT2D eigenvalue weighted by Gasteiger charge is 2.21. The second-order valence-corrected chi connectivity index (χ2v) is 22.9. The first-order chi connectivity index (χ1) is 40.2. The number of hydrogen-bond acceptors (Lipinski definition) is 16. The van der Waals surface area contributed by atoms with Crippen molar-refractivity contribution in [2.45, 2.75) is 28.5 Å². The highest BCUT2D eigenvalue weighted by atomic mass is 32.2. The van der Waals surface area contributed by atoms with Crippen LogP contribution in [-0.2, 0) is 53.0 Å². The van der Waals surface area contributed by atoms with E-state index < -0.39 is 97.1 Å². The number of amides is 3. The monoisotopic (exact) mass is 1220 g/mol. The van der Waals surface area contributed by atoms with Gasteiger partial charge < -0.3 is 41.5 Å². The van der Waals surface area contributed by atoms with Crippen LogP contribution in [0.4, 0.5) is 17.1 Å². The fraction of sp³-hybridized carbons (Fsp3) is 0.0847. The fourth-order valence-corrected chi connectivity index (χ4v) is 9.96. The number of benzene rings is 8. The number of carboxylic acid groups (broad SMARTS) is 3. The van der Waals surface area contributed by atoms with Gasteiger partial charge in [0.2, 0.25) is 15.9 Å². The van der Waals surface area contributed by atoms with Gasteiger partial charge in [-0.2, -0.15) is 16.8 Å². The maximum absolute atomic E-state index is 12.3. The first-order valence-corrected chi connectivity index (χ1v) is 29.0. The van der Waals surface area contributed by atoms with E-state index in [-0.39, 0.29) is 42.8 Å². The number of carbonyl (C=O) groups is 6. The Balaban J connectivity index is 0.000000206. The molecule has 0 aromatic heterocycles. The van der Waals surface area contributed by atoms with E-state index in [0.717, 1.165) is 57.6 Å². The van der Waals surface area contributed by atoms with Crippen molar-refractivity contribution < 1.29 is 87.9 Å². The molecule has 0 aliphatic rings. The van der Waals surface area contributed by atoms with Gasteiger partial charge in [0.15, 0.2) is 0 Å². The van der Waals surface area contributed by atoms with Crippen LogP contribution >= 0.6 is 0 Å². The summed E-state index contributed by atoms with van der Waals surface area (Å²) in [6.45, 7) is 1.80. The molecule has 26 heteroatoms. The number of anilines is 3. The van der Waals surface area contributed by atoms with Crippen molar-refractivity contribution >= 4 is 83.0 Å². The average Bonchev–Trinajstić information content (AvgIpc) is 3.66. The van der Waals surface area contributed by atoms with Crippen LogP contribution in [0, 0.1) is 13.8 Å². The Bertz CT molecular complexity index is 4080. The van der Waals surface area contributed by atoms with E-state index in [0.29, 0.717) is 5.69 Å². The molecule has 0 fully saturated rings. The molecule has 0 spiro atoms. The number of carbonyl (C=O) groups excluding carboxylic acids is 3. The lowest BCUT2D eigenvalue weighted by molar-refractivity contribution is -0.118. The van der Waals surface area contributed by atoms with Crippen molar-refractivity contribution in [1.82, 2.24) is 4.72 Å². The third-order valence-electron chi connectivity index (χ3n) is 11.7. The molecule has 0 bridgehead atoms. The van der Waals surface area contributed by atoms with Crippen LogP contribution in [0.15, 0.2) is 203 Å². The molecule has 8 aromatic carbocycles. The number of aromatic carboxylic acids is 3. The molecule has 0 heterocycles. The second kappa shape index (κ2) is 28.7. The zero-order valence-electron chi connectivity index (χ0n) is 44.7. The quantitative estimate of drug-likeness (QED) is 0.0325. The average molecular weight is 1220 g/mol. The van der Waals surface area contributed by atoms with Crippen molar-refractivity contribution in [3.05, 3.63) is 216 Å². The molecule has 440 valence electrons. The lowest BCUT2D eigenvalue weighted by Crippen LogP contribution is -2.32. The normalized spacial score (nSPS) is 11.1. The van der Waals surface area contributed by atoms with Crippen LogP contribution in [0.3, 0.4) is 0 Å². The van der Waals surface area contributed by atoms with E-state index in [2.05, 4.69) is 20.7 Å². The summed E-state index contributed by atoms with van der Waals surface area (Å²) < 4.78 is 85.2. The van der Waals surface area contributed by atoms with Crippen LogP contribution in [0.1, 0.15) is 42.2 Å².